The van der Waals surface area contributed by atoms with Crippen LogP contribution in [0.1, 0.15) is 18.5 Å². The maximum absolute atomic E-state index is 11.2. The second-order valence-electron chi connectivity index (χ2n) is 2.45. The van der Waals surface area contributed by atoms with Gasteiger partial charge in [0.05, 0.1) is 11.2 Å². The first-order chi connectivity index (χ1) is 5.38. The minimum absolute atomic E-state index is 0.232. The predicted octanol–water partition coefficient (Wildman–Crippen LogP) is 1.89. The first kappa shape index (κ1) is 6.73. The van der Waals surface area contributed by atoms with Gasteiger partial charge in [-0.3, -0.25) is 4.79 Å². The Labute approximate surface area is 68.6 Å². The summed E-state index contributed by atoms with van der Waals surface area (Å²) < 4.78 is 0. The predicted molar refractivity (Wildman–Crippen MR) is 44.3 cm³/mol. The number of aromatic nitrogens is 1. The molecule has 11 heavy (non-hydrogen) atoms. The summed E-state index contributed by atoms with van der Waals surface area (Å²) in [6.45, 7) is 0. The number of carbonyl (C=O) groups is 1. The molecule has 1 aliphatic carbocycles. The van der Waals surface area contributed by atoms with Gasteiger partial charge in [-0.15, -0.1) is 11.3 Å². The summed E-state index contributed by atoms with van der Waals surface area (Å²) in [7, 11) is 0. The third-order valence-corrected chi connectivity index (χ3v) is 2.32. The SMILES string of the molecule is O=C1CCC=C1c1cscn1. The molecular weight excluding hydrogens is 158 g/mol. The molecule has 0 fully saturated rings. The quantitative estimate of drug-likeness (QED) is 0.636. The third kappa shape index (κ3) is 1.12. The highest BCUT2D eigenvalue weighted by atomic mass is 32.1. The number of thiazole rings is 1. The normalized spacial score (nSPS) is 17.1. The third-order valence-electron chi connectivity index (χ3n) is 1.73. The van der Waals surface area contributed by atoms with Gasteiger partial charge in [-0.25, -0.2) is 4.98 Å². The van der Waals surface area contributed by atoms with Crippen LogP contribution in [0.15, 0.2) is 17.0 Å². The van der Waals surface area contributed by atoms with Crippen LogP contribution in [0, 0.1) is 0 Å². The molecule has 2 nitrogen and oxygen atoms in total. The van der Waals surface area contributed by atoms with Crippen molar-refractivity contribution in [1.29, 1.82) is 0 Å². The Morgan fingerprint density at radius 2 is 2.45 bits per heavy atom. The minimum atomic E-state index is 0.232. The van der Waals surface area contributed by atoms with Gasteiger partial charge >= 0.3 is 0 Å². The topological polar surface area (TPSA) is 30.0 Å². The lowest BCUT2D eigenvalue weighted by Gasteiger charge is -1.91. The van der Waals surface area contributed by atoms with Gasteiger partial charge in [0.15, 0.2) is 5.78 Å². The van der Waals surface area contributed by atoms with Crippen molar-refractivity contribution in [2.45, 2.75) is 12.8 Å². The second kappa shape index (κ2) is 2.58. The average Bonchev–Trinajstić information content (AvgIpc) is 2.55. The fourth-order valence-electron chi connectivity index (χ4n) is 1.19. The molecule has 0 saturated carbocycles. The Kier molecular flexibility index (Phi) is 1.58. The van der Waals surface area contributed by atoms with E-state index in [4.69, 9.17) is 0 Å². The molecule has 0 aliphatic heterocycles. The number of hydrogen-bond donors (Lipinski definition) is 0. The van der Waals surface area contributed by atoms with E-state index in [9.17, 15) is 4.79 Å². The lowest BCUT2D eigenvalue weighted by molar-refractivity contribution is -0.113. The fraction of sp³-hybridized carbons (Fsp3) is 0.250. The van der Waals surface area contributed by atoms with E-state index in [2.05, 4.69) is 4.98 Å². The first-order valence-electron chi connectivity index (χ1n) is 3.50. The number of hydrogen-bond acceptors (Lipinski definition) is 3. The van der Waals surface area contributed by atoms with E-state index in [0.29, 0.717) is 6.42 Å². The summed E-state index contributed by atoms with van der Waals surface area (Å²) in [5, 5.41) is 1.91. The van der Waals surface area contributed by atoms with Crippen molar-refractivity contribution in [3.8, 4) is 0 Å². The zero-order chi connectivity index (χ0) is 7.68. The zero-order valence-electron chi connectivity index (χ0n) is 5.91. The number of nitrogens with zero attached hydrogens (tertiary/aromatic N) is 1. The number of carbonyl (C=O) groups excluding carboxylic acids is 1. The van der Waals surface area contributed by atoms with Crippen LogP contribution in [0.3, 0.4) is 0 Å². The van der Waals surface area contributed by atoms with Gasteiger partial charge in [0.1, 0.15) is 0 Å². The molecule has 3 heteroatoms. The standard InChI is InChI=1S/C8H7NOS/c10-8-3-1-2-6(8)7-4-11-5-9-7/h2,4-5H,1,3H2. The van der Waals surface area contributed by atoms with E-state index in [1.807, 2.05) is 11.5 Å². The van der Waals surface area contributed by atoms with Crippen molar-refractivity contribution in [2.24, 2.45) is 0 Å². The molecule has 1 aliphatic rings. The van der Waals surface area contributed by atoms with Gasteiger partial charge in [0.2, 0.25) is 0 Å². The van der Waals surface area contributed by atoms with Crippen molar-refractivity contribution in [3.05, 3.63) is 22.7 Å². The van der Waals surface area contributed by atoms with Gasteiger partial charge in [-0.2, -0.15) is 0 Å². The summed E-state index contributed by atoms with van der Waals surface area (Å²) in [4.78, 5) is 15.2. The molecule has 0 amide bonds. The van der Waals surface area contributed by atoms with E-state index in [0.717, 1.165) is 17.7 Å². The van der Waals surface area contributed by atoms with E-state index in [1.54, 1.807) is 5.51 Å². The lowest BCUT2D eigenvalue weighted by atomic mass is 10.2. The van der Waals surface area contributed by atoms with Gasteiger partial charge in [-0.05, 0) is 6.42 Å². The Bertz CT molecular complexity index is 300. The van der Waals surface area contributed by atoms with Gasteiger partial charge in [-0.1, -0.05) is 6.08 Å². The molecule has 1 aromatic heterocycles. The maximum atomic E-state index is 11.2. The maximum Gasteiger partial charge on any atom is 0.165 e. The van der Waals surface area contributed by atoms with Crippen molar-refractivity contribution in [3.63, 3.8) is 0 Å². The van der Waals surface area contributed by atoms with Crippen molar-refractivity contribution < 1.29 is 4.79 Å². The summed E-state index contributed by atoms with van der Waals surface area (Å²) in [5.74, 6) is 0.232. The zero-order valence-corrected chi connectivity index (χ0v) is 6.73. The van der Waals surface area contributed by atoms with Crippen LogP contribution in [0.5, 0.6) is 0 Å². The average molecular weight is 165 g/mol. The van der Waals surface area contributed by atoms with Crippen LogP contribution in [-0.4, -0.2) is 10.8 Å². The van der Waals surface area contributed by atoms with Crippen molar-refractivity contribution >= 4 is 22.7 Å². The molecule has 0 radical (unpaired) electrons. The fourth-order valence-corrected chi connectivity index (χ4v) is 1.74. The van der Waals surface area contributed by atoms with Crippen LogP contribution >= 0.6 is 11.3 Å². The highest BCUT2D eigenvalue weighted by Gasteiger charge is 2.17. The van der Waals surface area contributed by atoms with E-state index in [-0.39, 0.29) is 5.78 Å². The van der Waals surface area contributed by atoms with Crippen LogP contribution in [0.4, 0.5) is 0 Å². The first-order valence-corrected chi connectivity index (χ1v) is 4.44. The highest BCUT2D eigenvalue weighted by Crippen LogP contribution is 2.23. The van der Waals surface area contributed by atoms with Crippen molar-refractivity contribution in [2.75, 3.05) is 0 Å². The molecule has 0 N–H and O–H groups in total. The molecule has 1 aromatic rings. The largest absolute Gasteiger partial charge is 0.294 e. The molecule has 0 unspecified atom stereocenters. The Balaban J connectivity index is 2.37. The molecule has 2 rings (SSSR count). The van der Waals surface area contributed by atoms with Crippen LogP contribution in [0.25, 0.3) is 5.57 Å². The van der Waals surface area contributed by atoms with Crippen molar-refractivity contribution in [1.82, 2.24) is 4.98 Å². The summed E-state index contributed by atoms with van der Waals surface area (Å²) in [6, 6.07) is 0. The van der Waals surface area contributed by atoms with Crippen LogP contribution < -0.4 is 0 Å². The summed E-state index contributed by atoms with van der Waals surface area (Å²) >= 11 is 1.52. The van der Waals surface area contributed by atoms with Gasteiger partial charge in [0.25, 0.3) is 0 Å². The Hall–Kier alpha value is -0.960. The molecule has 0 spiro atoms. The van der Waals surface area contributed by atoms with Crippen LogP contribution in [-0.2, 0) is 4.79 Å². The number of Topliss-reactive ketones (excluding diaryl/α,β-unsaturated/α-hetero) is 1. The smallest absolute Gasteiger partial charge is 0.165 e. The number of ketones is 1. The molecule has 0 aromatic carbocycles. The minimum Gasteiger partial charge on any atom is -0.294 e. The van der Waals surface area contributed by atoms with Gasteiger partial charge < -0.3 is 0 Å². The number of rotatable bonds is 1. The molecule has 1 heterocycles. The lowest BCUT2D eigenvalue weighted by Crippen LogP contribution is -1.94. The van der Waals surface area contributed by atoms with Gasteiger partial charge in [0, 0.05) is 17.4 Å². The van der Waals surface area contributed by atoms with E-state index < -0.39 is 0 Å². The molecule has 0 saturated heterocycles. The summed E-state index contributed by atoms with van der Waals surface area (Å²) in [5.41, 5.74) is 3.41. The summed E-state index contributed by atoms with van der Waals surface area (Å²) in [6.07, 6.45) is 3.51. The second-order valence-corrected chi connectivity index (χ2v) is 3.17. The molecule has 0 atom stereocenters. The molecule has 56 valence electrons. The Morgan fingerprint density at radius 1 is 1.55 bits per heavy atom. The molecule has 0 bridgehead atoms. The monoisotopic (exact) mass is 165 g/mol. The molecular formula is C8H7NOS. The highest BCUT2D eigenvalue weighted by molar-refractivity contribution is 7.07. The van der Waals surface area contributed by atoms with Crippen LogP contribution in [0.2, 0.25) is 0 Å². The van der Waals surface area contributed by atoms with E-state index >= 15 is 0 Å². The Morgan fingerprint density at radius 3 is 3.00 bits per heavy atom. The van der Waals surface area contributed by atoms with E-state index in [1.165, 1.54) is 11.3 Å². The number of allylic oxidation sites excluding steroid dienone is 2.